The molecule has 4 nitrogen and oxygen atoms in total. The van der Waals surface area contributed by atoms with Crippen molar-refractivity contribution in [1.82, 2.24) is 0 Å². The van der Waals surface area contributed by atoms with Gasteiger partial charge in [0, 0.05) is 10.8 Å². The van der Waals surface area contributed by atoms with Crippen molar-refractivity contribution < 1.29 is 13.6 Å². The third-order valence-electron chi connectivity index (χ3n) is 6.66. The predicted molar refractivity (Wildman–Crippen MR) is 136 cm³/mol. The molecule has 34 heavy (non-hydrogen) atoms. The summed E-state index contributed by atoms with van der Waals surface area (Å²) in [5.41, 5.74) is 6.34. The Morgan fingerprint density at radius 2 is 1.09 bits per heavy atom. The van der Waals surface area contributed by atoms with Crippen LogP contribution in [0.5, 0.6) is 11.5 Å². The molecule has 0 saturated carbocycles. The number of fused-ring (bicyclic) bond motifs is 9. The van der Waals surface area contributed by atoms with Crippen molar-refractivity contribution in [3.63, 3.8) is 0 Å². The molecule has 3 heterocycles. The fourth-order valence-electron chi connectivity index (χ4n) is 5.22. The molecule has 5 aromatic carbocycles. The quantitative estimate of drug-likeness (QED) is 0.256. The highest BCUT2D eigenvalue weighted by molar-refractivity contribution is 6.25. The highest BCUT2D eigenvalue weighted by atomic mass is 16.5. The minimum atomic E-state index is 0.809. The third-order valence-corrected chi connectivity index (χ3v) is 6.66. The summed E-state index contributed by atoms with van der Waals surface area (Å²) in [5, 5.41) is 4.20. The van der Waals surface area contributed by atoms with Crippen LogP contribution in [0, 0.1) is 0 Å². The van der Waals surface area contributed by atoms with Gasteiger partial charge in [0.1, 0.15) is 22.3 Å². The molecule has 0 spiro atoms. The van der Waals surface area contributed by atoms with Gasteiger partial charge in [-0.25, -0.2) is 0 Å². The van der Waals surface area contributed by atoms with E-state index in [1.807, 2.05) is 72.8 Å². The second-order valence-electron chi connectivity index (χ2n) is 8.54. The van der Waals surface area contributed by atoms with Crippen LogP contribution in [0.3, 0.4) is 0 Å². The van der Waals surface area contributed by atoms with Crippen molar-refractivity contribution in [3.8, 4) is 11.5 Å². The first kappa shape index (κ1) is 17.8. The van der Waals surface area contributed by atoms with Crippen molar-refractivity contribution in [3.05, 3.63) is 103 Å². The van der Waals surface area contributed by atoms with Crippen LogP contribution in [0.15, 0.2) is 112 Å². The maximum absolute atomic E-state index is 6.41. The topological polar surface area (TPSA) is 38.8 Å². The number of rotatable bonds is 1. The normalized spacial score (nSPS) is 12.9. The van der Waals surface area contributed by atoms with Gasteiger partial charge in [-0.1, -0.05) is 48.5 Å². The van der Waals surface area contributed by atoms with E-state index in [1.54, 1.807) is 0 Å². The molecule has 2 aromatic heterocycles. The van der Waals surface area contributed by atoms with E-state index in [0.29, 0.717) is 0 Å². The van der Waals surface area contributed by atoms with Gasteiger partial charge in [-0.05, 0) is 54.6 Å². The molecule has 1 aliphatic heterocycles. The van der Waals surface area contributed by atoms with E-state index in [1.165, 1.54) is 0 Å². The highest BCUT2D eigenvalue weighted by Crippen LogP contribution is 2.53. The molecule has 0 amide bonds. The Balaban J connectivity index is 1.53. The number of anilines is 3. The van der Waals surface area contributed by atoms with E-state index in [-0.39, 0.29) is 0 Å². The average Bonchev–Trinajstić information content (AvgIpc) is 3.45. The summed E-state index contributed by atoms with van der Waals surface area (Å²) in [6.45, 7) is 0. The first-order valence-corrected chi connectivity index (χ1v) is 11.3. The second kappa shape index (κ2) is 6.42. The molecule has 4 heteroatoms. The molecule has 1 aliphatic rings. The van der Waals surface area contributed by atoms with Crippen LogP contribution in [-0.2, 0) is 0 Å². The second-order valence-corrected chi connectivity index (χ2v) is 8.54. The van der Waals surface area contributed by atoms with Gasteiger partial charge in [0.05, 0.1) is 27.8 Å². The zero-order chi connectivity index (χ0) is 22.2. The van der Waals surface area contributed by atoms with E-state index in [2.05, 4.69) is 35.2 Å². The number of ether oxygens (including phenoxy) is 1. The van der Waals surface area contributed by atoms with Gasteiger partial charge in [-0.2, -0.15) is 0 Å². The molecule has 0 fully saturated rings. The number of benzene rings is 5. The van der Waals surface area contributed by atoms with Crippen LogP contribution in [0.2, 0.25) is 0 Å². The van der Waals surface area contributed by atoms with E-state index in [9.17, 15) is 0 Å². The first-order valence-electron chi connectivity index (χ1n) is 11.3. The highest BCUT2D eigenvalue weighted by Gasteiger charge is 2.28. The zero-order valence-corrected chi connectivity index (χ0v) is 18.0. The lowest BCUT2D eigenvalue weighted by Gasteiger charge is -2.33. The van der Waals surface area contributed by atoms with Crippen molar-refractivity contribution in [2.45, 2.75) is 0 Å². The minimum absolute atomic E-state index is 0.809. The summed E-state index contributed by atoms with van der Waals surface area (Å²) >= 11 is 0. The molecular formula is C30H17NO3. The van der Waals surface area contributed by atoms with E-state index >= 15 is 0 Å². The lowest BCUT2D eigenvalue weighted by molar-refractivity contribution is 0.477. The van der Waals surface area contributed by atoms with Crippen LogP contribution >= 0.6 is 0 Å². The Morgan fingerprint density at radius 3 is 1.91 bits per heavy atom. The van der Waals surface area contributed by atoms with Gasteiger partial charge in [0.15, 0.2) is 11.5 Å². The molecule has 0 bridgehead atoms. The summed E-state index contributed by atoms with van der Waals surface area (Å²) < 4.78 is 19.0. The first-order chi connectivity index (χ1) is 16.9. The molecule has 160 valence electrons. The predicted octanol–water partition coefficient (Wildman–Crippen LogP) is 9.06. The Morgan fingerprint density at radius 1 is 0.441 bits per heavy atom. The van der Waals surface area contributed by atoms with Gasteiger partial charge in [0.25, 0.3) is 0 Å². The summed E-state index contributed by atoms with van der Waals surface area (Å²) in [6.07, 6.45) is 0. The molecule has 8 rings (SSSR count). The van der Waals surface area contributed by atoms with Crippen molar-refractivity contribution >= 4 is 60.9 Å². The van der Waals surface area contributed by atoms with Gasteiger partial charge < -0.3 is 18.5 Å². The summed E-state index contributed by atoms with van der Waals surface area (Å²) in [4.78, 5) is 2.26. The zero-order valence-electron chi connectivity index (χ0n) is 18.0. The van der Waals surface area contributed by atoms with Gasteiger partial charge in [-0.15, -0.1) is 0 Å². The van der Waals surface area contributed by atoms with Crippen LogP contribution in [0.25, 0.3) is 43.9 Å². The molecule has 0 radical (unpaired) electrons. The number of hydrogen-bond acceptors (Lipinski definition) is 4. The Hall–Kier alpha value is -4.70. The van der Waals surface area contributed by atoms with Crippen LogP contribution < -0.4 is 9.64 Å². The van der Waals surface area contributed by atoms with Crippen molar-refractivity contribution in [2.75, 3.05) is 4.90 Å². The van der Waals surface area contributed by atoms with Gasteiger partial charge in [0.2, 0.25) is 0 Å². The molecule has 0 atom stereocenters. The van der Waals surface area contributed by atoms with Crippen LogP contribution in [0.1, 0.15) is 0 Å². The van der Waals surface area contributed by atoms with Crippen molar-refractivity contribution in [2.24, 2.45) is 0 Å². The van der Waals surface area contributed by atoms with Crippen LogP contribution in [-0.4, -0.2) is 0 Å². The number of para-hydroxylation sites is 5. The molecule has 0 unspecified atom stereocenters. The Labute approximate surface area is 194 Å². The van der Waals surface area contributed by atoms with Gasteiger partial charge >= 0.3 is 0 Å². The summed E-state index contributed by atoms with van der Waals surface area (Å²) in [6, 6.07) is 34.7. The standard InChI is InChI=1S/C30H17NO3/c1-4-12-23-18(8-1)19-16-17-27-29(30(19)34-23)28-22(11-7-15-26(28)33-27)31-20-9-2-5-13-24(20)32-25-14-6-3-10-21(25)31/h1-17H. The average molecular weight is 439 g/mol. The van der Waals surface area contributed by atoms with E-state index in [0.717, 1.165) is 72.4 Å². The SMILES string of the molecule is c1ccc2c(c1)Oc1ccccc1N2c1cccc2oc3ccc4c5ccccc5oc4c3c12. The number of hydrogen-bond donors (Lipinski definition) is 0. The van der Waals surface area contributed by atoms with Crippen molar-refractivity contribution in [1.29, 1.82) is 0 Å². The van der Waals surface area contributed by atoms with E-state index in [4.69, 9.17) is 13.6 Å². The molecule has 0 aliphatic carbocycles. The van der Waals surface area contributed by atoms with Gasteiger partial charge in [-0.3, -0.25) is 0 Å². The number of nitrogens with zero attached hydrogens (tertiary/aromatic N) is 1. The Bertz CT molecular complexity index is 1860. The smallest absolute Gasteiger partial charge is 0.151 e. The molecule has 0 N–H and O–H groups in total. The largest absolute Gasteiger partial charge is 0.456 e. The van der Waals surface area contributed by atoms with E-state index < -0.39 is 0 Å². The molecular weight excluding hydrogens is 422 g/mol. The fourth-order valence-corrected chi connectivity index (χ4v) is 5.22. The monoisotopic (exact) mass is 439 g/mol. The lowest BCUT2D eigenvalue weighted by atomic mass is 10.0. The lowest BCUT2D eigenvalue weighted by Crippen LogP contribution is -2.15. The Kier molecular flexibility index (Phi) is 3.36. The minimum Gasteiger partial charge on any atom is -0.456 e. The number of furan rings is 2. The summed E-state index contributed by atoms with van der Waals surface area (Å²) in [7, 11) is 0. The third kappa shape index (κ3) is 2.27. The molecule has 7 aromatic rings. The summed E-state index contributed by atoms with van der Waals surface area (Å²) in [5.74, 6) is 1.64. The molecule has 0 saturated heterocycles. The fraction of sp³-hybridized carbons (Fsp3) is 0. The maximum atomic E-state index is 6.41. The maximum Gasteiger partial charge on any atom is 0.151 e. The van der Waals surface area contributed by atoms with Crippen LogP contribution in [0.4, 0.5) is 17.1 Å².